The number of carbonyl (C=O) groups is 2. The topological polar surface area (TPSA) is 103 Å². The molecule has 2 aromatic heterocycles. The molecule has 0 saturated carbocycles. The van der Waals surface area contributed by atoms with Crippen molar-refractivity contribution in [2.24, 2.45) is 5.92 Å². The monoisotopic (exact) mass is 423 g/mol. The van der Waals surface area contributed by atoms with Gasteiger partial charge in [0.25, 0.3) is 5.91 Å². The summed E-state index contributed by atoms with van der Waals surface area (Å²) in [5.41, 5.74) is 1.42. The smallest absolute Gasteiger partial charge is 0.287 e. The molecule has 8 nitrogen and oxygen atoms in total. The first kappa shape index (κ1) is 21.9. The summed E-state index contributed by atoms with van der Waals surface area (Å²) in [5, 5.41) is 5.55. The number of benzene rings is 1. The Hall–Kier alpha value is -3.81. The first-order valence-corrected chi connectivity index (χ1v) is 9.83. The van der Waals surface area contributed by atoms with Crippen molar-refractivity contribution < 1.29 is 23.5 Å². The zero-order valence-corrected chi connectivity index (χ0v) is 17.6. The van der Waals surface area contributed by atoms with E-state index < -0.39 is 11.9 Å². The molecule has 3 rings (SSSR count). The number of methoxy groups -OCH3 is 1. The Morgan fingerprint density at radius 3 is 2.61 bits per heavy atom. The molecule has 2 heterocycles. The van der Waals surface area contributed by atoms with Crippen LogP contribution in [-0.4, -0.2) is 29.9 Å². The predicted molar refractivity (Wildman–Crippen MR) is 115 cm³/mol. The van der Waals surface area contributed by atoms with Crippen LogP contribution in [0.15, 0.2) is 65.5 Å². The van der Waals surface area contributed by atoms with Crippen molar-refractivity contribution in [3.63, 3.8) is 0 Å². The largest absolute Gasteiger partial charge is 0.493 e. The van der Waals surface area contributed by atoms with E-state index in [9.17, 15) is 9.59 Å². The summed E-state index contributed by atoms with van der Waals surface area (Å²) in [7, 11) is 1.55. The van der Waals surface area contributed by atoms with Crippen molar-refractivity contribution in [2.45, 2.75) is 26.5 Å². The zero-order chi connectivity index (χ0) is 22.2. The number of nitrogens with one attached hydrogen (secondary N) is 2. The van der Waals surface area contributed by atoms with Crippen molar-refractivity contribution in [3.05, 3.63) is 72.4 Å². The van der Waals surface area contributed by atoms with Crippen LogP contribution in [0.2, 0.25) is 0 Å². The van der Waals surface area contributed by atoms with E-state index in [1.807, 2.05) is 26.0 Å². The van der Waals surface area contributed by atoms with Gasteiger partial charge in [-0.1, -0.05) is 19.9 Å². The second-order valence-corrected chi connectivity index (χ2v) is 7.18. The average Bonchev–Trinajstić information content (AvgIpc) is 3.31. The number of anilines is 1. The lowest BCUT2D eigenvalue weighted by Gasteiger charge is -2.21. The molecule has 3 aromatic rings. The maximum atomic E-state index is 12.9. The van der Waals surface area contributed by atoms with Gasteiger partial charge in [0.05, 0.1) is 13.4 Å². The lowest BCUT2D eigenvalue weighted by atomic mass is 10.0. The summed E-state index contributed by atoms with van der Waals surface area (Å²) in [6.45, 7) is 4.00. The van der Waals surface area contributed by atoms with E-state index in [0.29, 0.717) is 23.8 Å². The van der Waals surface area contributed by atoms with Gasteiger partial charge >= 0.3 is 0 Å². The fourth-order valence-corrected chi connectivity index (χ4v) is 2.89. The second-order valence-electron chi connectivity index (χ2n) is 7.18. The second kappa shape index (κ2) is 10.3. The van der Waals surface area contributed by atoms with Gasteiger partial charge in [0.15, 0.2) is 17.3 Å². The summed E-state index contributed by atoms with van der Waals surface area (Å²) in [6, 6.07) is 11.2. The maximum Gasteiger partial charge on any atom is 0.287 e. The molecule has 0 saturated heterocycles. The minimum absolute atomic E-state index is 0.140. The van der Waals surface area contributed by atoms with Crippen molar-refractivity contribution >= 4 is 17.5 Å². The Morgan fingerprint density at radius 2 is 1.97 bits per heavy atom. The van der Waals surface area contributed by atoms with Crippen LogP contribution in [0.5, 0.6) is 11.5 Å². The Bertz CT molecular complexity index is 1000. The highest BCUT2D eigenvalue weighted by atomic mass is 16.5. The summed E-state index contributed by atoms with van der Waals surface area (Å²) < 4.78 is 16.3. The molecule has 0 radical (unpaired) electrons. The summed E-state index contributed by atoms with van der Waals surface area (Å²) >= 11 is 0. The van der Waals surface area contributed by atoms with Crippen LogP contribution in [-0.2, 0) is 11.4 Å². The van der Waals surface area contributed by atoms with Gasteiger partial charge in [0.1, 0.15) is 12.6 Å². The van der Waals surface area contributed by atoms with E-state index in [4.69, 9.17) is 13.9 Å². The number of rotatable bonds is 9. The maximum absolute atomic E-state index is 12.9. The molecular weight excluding hydrogens is 398 g/mol. The Labute approximate surface area is 180 Å². The SMILES string of the molecule is COc1ccc(NC(=O)C(NC(=O)c2ccco2)C(C)C)cc1OCc1cccnc1. The number of aromatic nitrogens is 1. The van der Waals surface area contributed by atoms with Crippen LogP contribution < -0.4 is 20.1 Å². The molecule has 0 aliphatic rings. The number of amides is 2. The third kappa shape index (κ3) is 5.85. The van der Waals surface area contributed by atoms with Crippen molar-refractivity contribution in [1.29, 1.82) is 0 Å². The fraction of sp³-hybridized carbons (Fsp3) is 0.261. The van der Waals surface area contributed by atoms with Crippen LogP contribution in [0.3, 0.4) is 0 Å². The molecule has 0 fully saturated rings. The van der Waals surface area contributed by atoms with Crippen molar-refractivity contribution in [2.75, 3.05) is 12.4 Å². The lowest BCUT2D eigenvalue weighted by Crippen LogP contribution is -2.47. The van der Waals surface area contributed by atoms with Crippen molar-refractivity contribution in [3.8, 4) is 11.5 Å². The normalized spacial score (nSPS) is 11.6. The predicted octanol–water partition coefficient (Wildman–Crippen LogP) is 3.66. The van der Waals surface area contributed by atoms with Gasteiger partial charge in [-0.05, 0) is 36.2 Å². The number of pyridine rings is 1. The van der Waals surface area contributed by atoms with Crippen molar-refractivity contribution in [1.82, 2.24) is 10.3 Å². The van der Waals surface area contributed by atoms with Gasteiger partial charge in [-0.2, -0.15) is 0 Å². The molecular formula is C23H25N3O5. The van der Waals surface area contributed by atoms with Crippen LogP contribution in [0.1, 0.15) is 30.0 Å². The van der Waals surface area contributed by atoms with Gasteiger partial charge in [0, 0.05) is 29.7 Å². The standard InChI is InChI=1S/C23H25N3O5/c1-15(2)21(26-22(27)19-7-5-11-30-19)23(28)25-17-8-9-18(29-3)20(12-17)31-14-16-6-4-10-24-13-16/h4-13,15,21H,14H2,1-3H3,(H,25,28)(H,26,27). The molecule has 0 aliphatic heterocycles. The quantitative estimate of drug-likeness (QED) is 0.545. The molecule has 0 spiro atoms. The third-order valence-electron chi connectivity index (χ3n) is 4.53. The van der Waals surface area contributed by atoms with Gasteiger partial charge < -0.3 is 24.5 Å². The molecule has 2 N–H and O–H groups in total. The van der Waals surface area contributed by atoms with E-state index in [-0.39, 0.29) is 17.6 Å². The highest BCUT2D eigenvalue weighted by Gasteiger charge is 2.26. The first-order chi connectivity index (χ1) is 15.0. The van der Waals surface area contributed by atoms with Crippen LogP contribution >= 0.6 is 0 Å². The Balaban J connectivity index is 1.70. The van der Waals surface area contributed by atoms with Crippen LogP contribution in [0, 0.1) is 5.92 Å². The minimum Gasteiger partial charge on any atom is -0.493 e. The van der Waals surface area contributed by atoms with E-state index >= 15 is 0 Å². The molecule has 2 amide bonds. The highest BCUT2D eigenvalue weighted by Crippen LogP contribution is 2.31. The van der Waals surface area contributed by atoms with Gasteiger partial charge in [0.2, 0.25) is 5.91 Å². The first-order valence-electron chi connectivity index (χ1n) is 9.83. The molecule has 8 heteroatoms. The zero-order valence-electron chi connectivity index (χ0n) is 17.6. The Kier molecular flexibility index (Phi) is 7.26. The highest BCUT2D eigenvalue weighted by molar-refractivity contribution is 6.00. The fourth-order valence-electron chi connectivity index (χ4n) is 2.89. The third-order valence-corrected chi connectivity index (χ3v) is 4.53. The van der Waals surface area contributed by atoms with Crippen LogP contribution in [0.4, 0.5) is 5.69 Å². The molecule has 162 valence electrons. The number of hydrogen-bond acceptors (Lipinski definition) is 6. The molecule has 31 heavy (non-hydrogen) atoms. The summed E-state index contributed by atoms with van der Waals surface area (Å²) in [6.07, 6.45) is 4.81. The number of hydrogen-bond donors (Lipinski definition) is 2. The van der Waals surface area contributed by atoms with E-state index in [2.05, 4.69) is 15.6 Å². The Morgan fingerprint density at radius 1 is 1.13 bits per heavy atom. The number of furan rings is 1. The van der Waals surface area contributed by atoms with Gasteiger partial charge in [-0.3, -0.25) is 14.6 Å². The van der Waals surface area contributed by atoms with E-state index in [0.717, 1.165) is 5.56 Å². The van der Waals surface area contributed by atoms with Gasteiger partial charge in [-0.25, -0.2) is 0 Å². The van der Waals surface area contributed by atoms with E-state index in [1.165, 1.54) is 6.26 Å². The molecule has 0 bridgehead atoms. The average molecular weight is 423 g/mol. The molecule has 1 unspecified atom stereocenters. The number of ether oxygens (including phenoxy) is 2. The summed E-state index contributed by atoms with van der Waals surface area (Å²) in [4.78, 5) is 29.2. The number of nitrogens with zero attached hydrogens (tertiary/aromatic N) is 1. The minimum atomic E-state index is -0.750. The van der Waals surface area contributed by atoms with Gasteiger partial charge in [-0.15, -0.1) is 0 Å². The lowest BCUT2D eigenvalue weighted by molar-refractivity contribution is -0.118. The molecule has 1 aromatic carbocycles. The van der Waals surface area contributed by atoms with Crippen LogP contribution in [0.25, 0.3) is 0 Å². The molecule has 0 aliphatic carbocycles. The number of carbonyl (C=O) groups excluding carboxylic acids is 2. The summed E-state index contributed by atoms with van der Waals surface area (Å²) in [5.74, 6) is 0.220. The molecule has 1 atom stereocenters. The van der Waals surface area contributed by atoms with E-state index in [1.54, 1.807) is 49.8 Å².